The Morgan fingerprint density at radius 1 is 1.03 bits per heavy atom. The van der Waals surface area contributed by atoms with E-state index in [2.05, 4.69) is 45.1 Å². The molecule has 2 aromatic carbocycles. The fourth-order valence-electron chi connectivity index (χ4n) is 4.58. The minimum Gasteiger partial charge on any atom is -0.466 e. The molecule has 178 valence electrons. The minimum absolute atomic E-state index is 0.229. The van der Waals surface area contributed by atoms with Crippen LogP contribution in [0.2, 0.25) is 0 Å². The van der Waals surface area contributed by atoms with Crippen molar-refractivity contribution in [2.75, 3.05) is 31.1 Å². The van der Waals surface area contributed by atoms with Crippen molar-refractivity contribution >= 4 is 33.6 Å². The molecule has 1 unspecified atom stereocenters. The summed E-state index contributed by atoms with van der Waals surface area (Å²) < 4.78 is 6.07. The smallest absolute Gasteiger partial charge is 0.319 e. The zero-order valence-electron chi connectivity index (χ0n) is 19.3. The van der Waals surface area contributed by atoms with Gasteiger partial charge in [0, 0.05) is 36.2 Å². The molecule has 1 atom stereocenters. The van der Waals surface area contributed by atoms with Gasteiger partial charge in [0.05, 0.1) is 6.61 Å². The predicted octanol–water partition coefficient (Wildman–Crippen LogP) is 5.45. The number of amides is 2. The molecule has 0 aliphatic heterocycles. The molecule has 0 saturated carbocycles. The quantitative estimate of drug-likeness (QED) is 0.319. The van der Waals surface area contributed by atoms with Gasteiger partial charge in [0.2, 0.25) is 0 Å². The number of aryl methyl sites for hydroxylation is 1. The second-order valence-electron chi connectivity index (χ2n) is 8.51. The lowest BCUT2D eigenvalue weighted by atomic mass is 9.86. The van der Waals surface area contributed by atoms with Crippen LogP contribution in [0.1, 0.15) is 56.2 Å². The standard InChI is InChI=1S/C26H34BrN3O3/c1-20(31)33-19-5-4-16-29(25-11-6-9-21-8-2-3-10-24(21)25)17-7-18-30(26(28)32)23-14-12-22(27)13-15-23/h2-3,8,10,12-15,25H,4-7,9,11,16-19H2,1H3,(H2,28,32). The Morgan fingerprint density at radius 2 is 1.76 bits per heavy atom. The molecule has 2 N–H and O–H groups in total. The Bertz CT molecular complexity index is 919. The van der Waals surface area contributed by atoms with Crippen molar-refractivity contribution in [1.29, 1.82) is 0 Å². The number of nitrogens with zero attached hydrogens (tertiary/aromatic N) is 2. The maximum absolute atomic E-state index is 12.1. The Kier molecular flexibility index (Phi) is 9.76. The molecule has 6 nitrogen and oxygen atoms in total. The normalized spacial score (nSPS) is 15.2. The van der Waals surface area contributed by atoms with Crippen molar-refractivity contribution in [3.8, 4) is 0 Å². The van der Waals surface area contributed by atoms with Crippen molar-refractivity contribution in [3.05, 3.63) is 64.1 Å². The third-order valence-electron chi connectivity index (χ3n) is 6.15. The summed E-state index contributed by atoms with van der Waals surface area (Å²) in [5.74, 6) is -0.229. The number of urea groups is 1. The van der Waals surface area contributed by atoms with Crippen LogP contribution in [0.25, 0.3) is 0 Å². The first-order valence-electron chi connectivity index (χ1n) is 11.7. The Hall–Kier alpha value is -2.38. The molecule has 0 aromatic heterocycles. The zero-order valence-corrected chi connectivity index (χ0v) is 20.9. The van der Waals surface area contributed by atoms with Crippen LogP contribution in [-0.4, -0.2) is 43.1 Å². The number of primary amides is 1. The van der Waals surface area contributed by atoms with Gasteiger partial charge in [-0.3, -0.25) is 14.6 Å². The highest BCUT2D eigenvalue weighted by molar-refractivity contribution is 9.10. The lowest BCUT2D eigenvalue weighted by Gasteiger charge is -2.36. The number of fused-ring (bicyclic) bond motifs is 1. The number of ether oxygens (including phenoxy) is 1. The maximum Gasteiger partial charge on any atom is 0.319 e. The molecule has 2 amide bonds. The lowest BCUT2D eigenvalue weighted by Crippen LogP contribution is -2.39. The van der Waals surface area contributed by atoms with E-state index in [1.807, 2.05) is 24.3 Å². The van der Waals surface area contributed by atoms with Gasteiger partial charge in [0.1, 0.15) is 0 Å². The lowest BCUT2D eigenvalue weighted by molar-refractivity contribution is -0.141. The van der Waals surface area contributed by atoms with Gasteiger partial charge in [-0.05, 0) is 80.5 Å². The largest absolute Gasteiger partial charge is 0.466 e. The first kappa shape index (κ1) is 25.2. The molecule has 1 aliphatic rings. The number of hydrogen-bond acceptors (Lipinski definition) is 4. The van der Waals surface area contributed by atoms with Crippen LogP contribution in [-0.2, 0) is 16.0 Å². The van der Waals surface area contributed by atoms with Gasteiger partial charge >= 0.3 is 12.0 Å². The molecular weight excluding hydrogens is 482 g/mol. The van der Waals surface area contributed by atoms with Crippen LogP contribution in [0.4, 0.5) is 10.5 Å². The summed E-state index contributed by atoms with van der Waals surface area (Å²) in [6.07, 6.45) is 6.06. The number of nitrogens with two attached hydrogens (primary N) is 1. The molecule has 3 rings (SSSR count). The number of benzene rings is 2. The van der Waals surface area contributed by atoms with Crippen LogP contribution in [0.3, 0.4) is 0 Å². The topological polar surface area (TPSA) is 75.9 Å². The summed E-state index contributed by atoms with van der Waals surface area (Å²) in [6, 6.07) is 16.3. The van der Waals surface area contributed by atoms with Crippen molar-refractivity contribution in [3.63, 3.8) is 0 Å². The molecule has 7 heteroatoms. The second-order valence-corrected chi connectivity index (χ2v) is 9.43. The summed E-state index contributed by atoms with van der Waals surface area (Å²) >= 11 is 3.43. The van der Waals surface area contributed by atoms with Gasteiger partial charge in [0.15, 0.2) is 0 Å². The molecule has 0 heterocycles. The summed E-state index contributed by atoms with van der Waals surface area (Å²) in [7, 11) is 0. The average molecular weight is 516 g/mol. The fraction of sp³-hybridized carbons (Fsp3) is 0.462. The van der Waals surface area contributed by atoms with E-state index in [1.165, 1.54) is 24.5 Å². The fourth-order valence-corrected chi connectivity index (χ4v) is 4.85. The highest BCUT2D eigenvalue weighted by Gasteiger charge is 2.25. The molecule has 33 heavy (non-hydrogen) atoms. The summed E-state index contributed by atoms with van der Waals surface area (Å²) in [6.45, 7) is 4.27. The van der Waals surface area contributed by atoms with Crippen LogP contribution in [0.15, 0.2) is 53.0 Å². The van der Waals surface area contributed by atoms with Crippen molar-refractivity contribution in [2.24, 2.45) is 5.73 Å². The van der Waals surface area contributed by atoms with E-state index in [1.54, 1.807) is 4.90 Å². The third kappa shape index (κ3) is 7.57. The van der Waals surface area contributed by atoms with Crippen LogP contribution in [0, 0.1) is 0 Å². The van der Waals surface area contributed by atoms with Gasteiger partial charge in [-0.2, -0.15) is 0 Å². The molecule has 0 radical (unpaired) electrons. The zero-order chi connectivity index (χ0) is 23.6. The van der Waals surface area contributed by atoms with E-state index in [-0.39, 0.29) is 5.97 Å². The number of carbonyl (C=O) groups is 2. The summed E-state index contributed by atoms with van der Waals surface area (Å²) in [4.78, 5) is 27.3. The first-order chi connectivity index (χ1) is 16.0. The van der Waals surface area contributed by atoms with Gasteiger partial charge in [-0.25, -0.2) is 4.79 Å². The molecule has 0 spiro atoms. The monoisotopic (exact) mass is 515 g/mol. The second kappa shape index (κ2) is 12.8. The summed E-state index contributed by atoms with van der Waals surface area (Å²) in [5, 5.41) is 0. The Morgan fingerprint density at radius 3 is 2.48 bits per heavy atom. The highest BCUT2D eigenvalue weighted by Crippen LogP contribution is 2.34. The average Bonchev–Trinajstić information content (AvgIpc) is 2.80. The van der Waals surface area contributed by atoms with Gasteiger partial charge in [-0.1, -0.05) is 40.2 Å². The molecule has 0 saturated heterocycles. The van der Waals surface area contributed by atoms with Crippen molar-refractivity contribution < 1.29 is 14.3 Å². The number of unbranched alkanes of at least 4 members (excludes halogenated alkanes) is 1. The van der Waals surface area contributed by atoms with Gasteiger partial charge in [0.25, 0.3) is 0 Å². The highest BCUT2D eigenvalue weighted by atomic mass is 79.9. The van der Waals surface area contributed by atoms with Crippen molar-refractivity contribution in [1.82, 2.24) is 4.90 Å². The van der Waals surface area contributed by atoms with Gasteiger partial charge in [-0.15, -0.1) is 0 Å². The Balaban J connectivity index is 1.65. The van der Waals surface area contributed by atoms with Crippen molar-refractivity contribution in [2.45, 2.75) is 51.5 Å². The molecule has 2 aromatic rings. The number of hydrogen-bond donors (Lipinski definition) is 1. The van der Waals surface area contributed by atoms with E-state index in [0.717, 1.165) is 55.4 Å². The SMILES string of the molecule is CC(=O)OCCCCN(CCCN(C(N)=O)c1ccc(Br)cc1)C1CCCc2ccccc21. The third-order valence-corrected chi connectivity index (χ3v) is 6.68. The minimum atomic E-state index is -0.437. The Labute approximate surface area is 205 Å². The van der Waals surface area contributed by atoms with E-state index in [9.17, 15) is 9.59 Å². The van der Waals surface area contributed by atoms with E-state index in [4.69, 9.17) is 10.5 Å². The first-order valence-corrected chi connectivity index (χ1v) is 12.5. The molecule has 1 aliphatic carbocycles. The molecule has 0 fully saturated rings. The summed E-state index contributed by atoms with van der Waals surface area (Å²) in [5.41, 5.74) is 9.35. The number of rotatable bonds is 11. The predicted molar refractivity (Wildman–Crippen MR) is 135 cm³/mol. The number of halogens is 1. The van der Waals surface area contributed by atoms with Crippen LogP contribution >= 0.6 is 15.9 Å². The van der Waals surface area contributed by atoms with E-state index < -0.39 is 6.03 Å². The van der Waals surface area contributed by atoms with E-state index >= 15 is 0 Å². The maximum atomic E-state index is 12.1. The number of anilines is 1. The van der Waals surface area contributed by atoms with Crippen LogP contribution in [0.5, 0.6) is 0 Å². The van der Waals surface area contributed by atoms with E-state index in [0.29, 0.717) is 19.2 Å². The number of carbonyl (C=O) groups excluding carboxylic acids is 2. The molecular formula is C26H34BrN3O3. The van der Waals surface area contributed by atoms with Gasteiger partial charge < -0.3 is 10.5 Å². The van der Waals surface area contributed by atoms with Crippen LogP contribution < -0.4 is 10.6 Å². The number of esters is 1. The molecule has 0 bridgehead atoms.